The molecule has 1 heterocycles. The monoisotopic (exact) mass is 256 g/mol. The van der Waals surface area contributed by atoms with Crippen molar-refractivity contribution in [2.75, 3.05) is 13.1 Å². The molecule has 1 aliphatic heterocycles. The summed E-state index contributed by atoms with van der Waals surface area (Å²) in [6, 6.07) is 9.72. The second kappa shape index (κ2) is 6.91. The minimum absolute atomic E-state index is 0.471. The molecule has 0 aromatic heterocycles. The van der Waals surface area contributed by atoms with Gasteiger partial charge in [-0.05, 0) is 31.2 Å². The maximum Gasteiger partial charge on any atom is 0.209 e. The molecular weight excluding hydrogens is 238 g/mol. The topological polar surface area (TPSA) is 37.4 Å². The van der Waals surface area contributed by atoms with Crippen molar-refractivity contribution in [2.45, 2.75) is 25.7 Å². The van der Waals surface area contributed by atoms with Crippen molar-refractivity contribution in [1.82, 2.24) is 4.90 Å². The molecule has 1 radical (unpaired) electrons. The van der Waals surface area contributed by atoms with E-state index in [4.69, 9.17) is 0 Å². The van der Waals surface area contributed by atoms with Gasteiger partial charge in [0.1, 0.15) is 11.6 Å². The Morgan fingerprint density at radius 1 is 1.11 bits per heavy atom. The second-order valence-electron chi connectivity index (χ2n) is 4.90. The fourth-order valence-electron chi connectivity index (χ4n) is 2.53. The summed E-state index contributed by atoms with van der Waals surface area (Å²) >= 11 is 0. The predicted octanol–water partition coefficient (Wildman–Crippen LogP) is 2.16. The quantitative estimate of drug-likeness (QED) is 0.758. The summed E-state index contributed by atoms with van der Waals surface area (Å²) in [7, 11) is 0. The summed E-state index contributed by atoms with van der Waals surface area (Å²) in [4.78, 5) is 24.4. The van der Waals surface area contributed by atoms with Crippen LogP contribution in [0.25, 0.3) is 0 Å². The van der Waals surface area contributed by atoms with Gasteiger partial charge in [-0.3, -0.25) is 4.79 Å². The van der Waals surface area contributed by atoms with Gasteiger partial charge in [-0.25, -0.2) is 4.79 Å². The number of nitrogens with zero attached hydrogens (tertiary/aromatic N) is 1. The number of rotatable bonds is 5. The van der Waals surface area contributed by atoms with Crippen molar-refractivity contribution in [2.24, 2.45) is 5.92 Å². The van der Waals surface area contributed by atoms with Gasteiger partial charge in [0.2, 0.25) is 6.29 Å². The van der Waals surface area contributed by atoms with E-state index in [-0.39, 0.29) is 0 Å². The SMILES string of the molecule is O=[C]C(Cc1ccccc1)C(=C=O)N1CCCCC1. The summed E-state index contributed by atoms with van der Waals surface area (Å²) < 4.78 is 0. The van der Waals surface area contributed by atoms with Crippen molar-refractivity contribution >= 4 is 12.2 Å². The number of carbonyl (C=O) groups excluding carboxylic acids is 2. The normalized spacial score (nSPS) is 16.5. The van der Waals surface area contributed by atoms with Crippen molar-refractivity contribution in [3.63, 3.8) is 0 Å². The first-order chi connectivity index (χ1) is 9.35. The summed E-state index contributed by atoms with van der Waals surface area (Å²) in [5.74, 6) is 1.47. The first kappa shape index (κ1) is 13.6. The van der Waals surface area contributed by atoms with Crippen molar-refractivity contribution < 1.29 is 9.59 Å². The van der Waals surface area contributed by atoms with Gasteiger partial charge in [0.15, 0.2) is 0 Å². The molecule has 0 saturated carbocycles. The Morgan fingerprint density at radius 2 is 1.79 bits per heavy atom. The minimum atomic E-state index is -0.502. The van der Waals surface area contributed by atoms with E-state index in [1.807, 2.05) is 47.5 Å². The first-order valence-electron chi connectivity index (χ1n) is 6.76. The van der Waals surface area contributed by atoms with Crippen molar-refractivity contribution in [3.8, 4) is 0 Å². The zero-order chi connectivity index (χ0) is 13.5. The van der Waals surface area contributed by atoms with Crippen LogP contribution in [0.3, 0.4) is 0 Å². The number of likely N-dealkylation sites (tertiary alicyclic amines) is 1. The molecule has 1 unspecified atom stereocenters. The van der Waals surface area contributed by atoms with Gasteiger partial charge in [0.25, 0.3) is 0 Å². The Labute approximate surface area is 113 Å². The first-order valence-corrected chi connectivity index (χ1v) is 6.76. The fourth-order valence-corrected chi connectivity index (χ4v) is 2.53. The van der Waals surface area contributed by atoms with E-state index < -0.39 is 5.92 Å². The van der Waals surface area contributed by atoms with Crippen LogP contribution in [-0.2, 0) is 16.0 Å². The van der Waals surface area contributed by atoms with Crippen molar-refractivity contribution in [3.05, 3.63) is 41.6 Å². The number of hydrogen-bond acceptors (Lipinski definition) is 3. The highest BCUT2D eigenvalue weighted by atomic mass is 16.1. The van der Waals surface area contributed by atoms with Gasteiger partial charge in [0.05, 0.1) is 5.92 Å². The highest BCUT2D eigenvalue weighted by Crippen LogP contribution is 2.21. The average Bonchev–Trinajstić information content (AvgIpc) is 2.49. The molecule has 0 N–H and O–H groups in total. The average molecular weight is 256 g/mol. The molecule has 3 nitrogen and oxygen atoms in total. The molecule has 1 atom stereocenters. The minimum Gasteiger partial charge on any atom is -0.365 e. The molecule has 0 spiro atoms. The predicted molar refractivity (Wildman–Crippen MR) is 74.0 cm³/mol. The van der Waals surface area contributed by atoms with Gasteiger partial charge in [-0.15, -0.1) is 0 Å². The van der Waals surface area contributed by atoms with Gasteiger partial charge >= 0.3 is 0 Å². The Hall–Kier alpha value is -1.86. The largest absolute Gasteiger partial charge is 0.365 e. The second-order valence-corrected chi connectivity index (χ2v) is 4.90. The third kappa shape index (κ3) is 3.55. The van der Waals surface area contributed by atoms with Gasteiger partial charge in [0, 0.05) is 13.1 Å². The van der Waals surface area contributed by atoms with E-state index in [9.17, 15) is 9.59 Å². The molecule has 1 aromatic carbocycles. The molecule has 19 heavy (non-hydrogen) atoms. The van der Waals surface area contributed by atoms with Crippen LogP contribution in [0.4, 0.5) is 0 Å². The molecule has 1 aromatic rings. The van der Waals surface area contributed by atoms with Crippen LogP contribution in [0.15, 0.2) is 36.0 Å². The van der Waals surface area contributed by atoms with Gasteiger partial charge in [-0.2, -0.15) is 0 Å². The standard InChI is InChI=1S/C16H18NO2/c18-12-15(11-14-7-3-1-4-8-14)16(13-19)17-9-5-2-6-10-17/h1,3-4,7-8,15H,2,5-6,9-11H2. The zero-order valence-electron chi connectivity index (χ0n) is 11.0. The van der Waals surface area contributed by atoms with Crippen LogP contribution >= 0.6 is 0 Å². The van der Waals surface area contributed by atoms with E-state index in [0.717, 1.165) is 31.5 Å². The fraction of sp³-hybridized carbons (Fsp3) is 0.438. The van der Waals surface area contributed by atoms with Crippen LogP contribution in [0, 0.1) is 5.92 Å². The molecule has 3 heteroatoms. The number of hydrogen-bond donors (Lipinski definition) is 0. The molecule has 2 rings (SSSR count). The maximum absolute atomic E-state index is 11.2. The lowest BCUT2D eigenvalue weighted by Gasteiger charge is -2.31. The smallest absolute Gasteiger partial charge is 0.209 e. The van der Waals surface area contributed by atoms with E-state index in [2.05, 4.69) is 0 Å². The molecule has 0 amide bonds. The third-order valence-corrected chi connectivity index (χ3v) is 3.56. The van der Waals surface area contributed by atoms with Crippen LogP contribution in [-0.4, -0.2) is 30.2 Å². The molecule has 0 aliphatic carbocycles. The molecular formula is C16H18NO2. The Morgan fingerprint density at radius 3 is 2.37 bits per heavy atom. The van der Waals surface area contributed by atoms with E-state index >= 15 is 0 Å². The van der Waals surface area contributed by atoms with Crippen LogP contribution in [0.5, 0.6) is 0 Å². The van der Waals surface area contributed by atoms with Gasteiger partial charge < -0.3 is 4.90 Å². The lowest BCUT2D eigenvalue weighted by molar-refractivity contribution is 0.268. The summed E-state index contributed by atoms with van der Waals surface area (Å²) in [5, 5.41) is 0. The third-order valence-electron chi connectivity index (χ3n) is 3.56. The van der Waals surface area contributed by atoms with Crippen LogP contribution in [0.1, 0.15) is 24.8 Å². The number of allylic oxidation sites excluding steroid dienone is 1. The molecule has 1 aliphatic rings. The van der Waals surface area contributed by atoms with Crippen LogP contribution < -0.4 is 0 Å². The number of benzene rings is 1. The van der Waals surface area contributed by atoms with Gasteiger partial charge in [-0.1, -0.05) is 30.3 Å². The number of piperidine rings is 1. The lowest BCUT2D eigenvalue weighted by Crippen LogP contribution is -2.34. The Balaban J connectivity index is 2.10. The molecule has 1 fully saturated rings. The Kier molecular flexibility index (Phi) is 4.93. The summed E-state index contributed by atoms with van der Waals surface area (Å²) in [5.41, 5.74) is 1.51. The van der Waals surface area contributed by atoms with E-state index in [1.165, 1.54) is 6.42 Å². The highest BCUT2D eigenvalue weighted by molar-refractivity contribution is 5.68. The highest BCUT2D eigenvalue weighted by Gasteiger charge is 2.23. The molecule has 0 bridgehead atoms. The summed E-state index contributed by atoms with van der Waals surface area (Å²) in [6.07, 6.45) is 5.86. The van der Waals surface area contributed by atoms with E-state index in [1.54, 1.807) is 0 Å². The van der Waals surface area contributed by atoms with E-state index in [0.29, 0.717) is 12.1 Å². The Bertz CT molecular complexity index is 457. The molecule has 99 valence electrons. The lowest BCUT2D eigenvalue weighted by atomic mass is 9.96. The maximum atomic E-state index is 11.2. The molecule has 1 saturated heterocycles. The van der Waals surface area contributed by atoms with Crippen LogP contribution in [0.2, 0.25) is 0 Å². The van der Waals surface area contributed by atoms with Crippen molar-refractivity contribution in [1.29, 1.82) is 0 Å². The summed E-state index contributed by atoms with van der Waals surface area (Å²) in [6.45, 7) is 1.69. The zero-order valence-corrected chi connectivity index (χ0v) is 11.0.